The van der Waals surface area contributed by atoms with E-state index in [1.807, 2.05) is 6.92 Å². The molecule has 5 amide bonds. The first-order chi connectivity index (χ1) is 47.7. The number of rotatable bonds is 22. The number of Topliss-reactive ketones (excluding diaryl/α,β-unsaturated/α-hetero) is 1. The molecule has 11 rings (SSSR count). The number of pyridine rings is 1. The highest BCUT2D eigenvalue weighted by Crippen LogP contribution is 2.44. The molecule has 1 saturated heterocycles. The van der Waals surface area contributed by atoms with E-state index in [1.165, 1.54) is 56.4 Å². The fourth-order valence-corrected chi connectivity index (χ4v) is 17.3. The van der Waals surface area contributed by atoms with Crippen LogP contribution in [0.1, 0.15) is 181 Å². The molecule has 31 heteroatoms. The quantitative estimate of drug-likeness (QED) is 0.0292. The molecule has 9 aromatic rings. The summed E-state index contributed by atoms with van der Waals surface area (Å²) in [5, 5.41) is 68.4. The monoisotopic (exact) mass is 1450 g/mol. The Morgan fingerprint density at radius 3 is 1.93 bits per heavy atom. The summed E-state index contributed by atoms with van der Waals surface area (Å²) in [6, 6.07) is 15.2. The molecular weight excluding hydrogens is 1390 g/mol. The van der Waals surface area contributed by atoms with Crippen LogP contribution in [0.2, 0.25) is 0 Å². The van der Waals surface area contributed by atoms with Crippen molar-refractivity contribution in [1.82, 2.24) is 55.3 Å². The Hall–Kier alpha value is -8.95. The van der Waals surface area contributed by atoms with E-state index in [4.69, 9.17) is 50.8 Å². The number of carboxylic acids is 2. The number of ketones is 1. The lowest BCUT2D eigenvalue weighted by Crippen LogP contribution is -2.50. The third-order valence-corrected chi connectivity index (χ3v) is 22.7. The summed E-state index contributed by atoms with van der Waals surface area (Å²) in [6.45, 7) is 4.19. The Morgan fingerprint density at radius 1 is 0.636 bits per heavy atom. The summed E-state index contributed by atoms with van der Waals surface area (Å²) >= 11 is 6.98. The first-order valence-electron chi connectivity index (χ1n) is 32.1. The standard InChI is InChI=1S/C68H70N12O13S6/c1-35-51(83)29-80-57(35)66-76-48(33-98-66)64-73-45(30-96-64)56-40(22-23-42(70-56)63-77-49(34-97-63)67(92)79(24-12-5-3-10-16-53(85)86)25-13-6-4-11-17-54(87)88)61-74-46(31-94-61)59(90)71-43(28-52(69)84)65-78-55(36(2)99-65)50(82)27-41(58(89)38-14-8-7-9-15-38)62-75-47(32-95-62)60(91)72-44(68(80)93)26-37-18-20-39(81)21-19-37/h7-9,14-15,18-23,30-35,41,43-44,51,57-58,81,83,89H,3-6,10-13,16-17,24-29H2,1-2H3,(H2,69,84)(H,71,90)(H,72,91)(H,85,86)(H,87,88)/t35-,41-,43-,44-,51-,57-,58+/m0/s1. The van der Waals surface area contributed by atoms with Gasteiger partial charge in [0, 0.05) is 94.5 Å². The summed E-state index contributed by atoms with van der Waals surface area (Å²) in [6.07, 6.45) is 2.13. The number of thiazole rings is 6. The third kappa shape index (κ3) is 17.4. The lowest BCUT2D eigenvalue weighted by atomic mass is 9.90. The van der Waals surface area contributed by atoms with E-state index in [0.29, 0.717) is 129 Å². The molecule has 9 heterocycles. The van der Waals surface area contributed by atoms with E-state index in [0.717, 1.165) is 34.0 Å². The number of hydrogen-bond donors (Lipinski definition) is 8. The molecular formula is C68H70N12O13S6. The fourth-order valence-electron chi connectivity index (χ4n) is 11.9. The van der Waals surface area contributed by atoms with Crippen molar-refractivity contribution in [3.63, 3.8) is 0 Å². The van der Waals surface area contributed by atoms with Crippen LogP contribution in [0.3, 0.4) is 0 Å². The van der Waals surface area contributed by atoms with Crippen LogP contribution in [-0.4, -0.2) is 149 Å². The van der Waals surface area contributed by atoms with Crippen molar-refractivity contribution in [2.75, 3.05) is 19.6 Å². The van der Waals surface area contributed by atoms with Gasteiger partial charge in [0.05, 0.1) is 41.4 Å². The van der Waals surface area contributed by atoms with Crippen LogP contribution in [0.25, 0.3) is 43.4 Å². The molecule has 0 radical (unpaired) electrons. The molecule has 0 aliphatic carbocycles. The van der Waals surface area contributed by atoms with Gasteiger partial charge in [-0.15, -0.1) is 68.0 Å². The number of aliphatic carboxylic acids is 2. The van der Waals surface area contributed by atoms with E-state index in [2.05, 4.69) is 10.6 Å². The highest BCUT2D eigenvalue weighted by Gasteiger charge is 2.46. The molecule has 0 unspecified atom stereocenters. The smallest absolute Gasteiger partial charge is 0.303 e. The predicted octanol–water partition coefficient (Wildman–Crippen LogP) is 10.7. The van der Waals surface area contributed by atoms with Gasteiger partial charge in [-0.25, -0.2) is 34.9 Å². The van der Waals surface area contributed by atoms with Crippen molar-refractivity contribution in [2.24, 2.45) is 11.7 Å². The number of carbonyl (C=O) groups excluding carboxylic acids is 6. The zero-order chi connectivity index (χ0) is 70.0. The number of benzene rings is 2. The van der Waals surface area contributed by atoms with Crippen LogP contribution in [0.4, 0.5) is 0 Å². The fraction of sp³-hybridized carbons (Fsp3) is 0.368. The molecule has 7 aromatic heterocycles. The van der Waals surface area contributed by atoms with Crippen molar-refractivity contribution in [3.05, 3.63) is 147 Å². The maximum absolute atomic E-state index is 15.3. The molecule has 99 heavy (non-hydrogen) atoms. The van der Waals surface area contributed by atoms with Gasteiger partial charge < -0.3 is 51.7 Å². The Bertz CT molecular complexity index is 4390. The molecule has 10 bridgehead atoms. The van der Waals surface area contributed by atoms with Gasteiger partial charge in [-0.2, -0.15) is 0 Å². The second-order valence-electron chi connectivity index (χ2n) is 24.3. The molecule has 7 atom stereocenters. The molecule has 0 saturated carbocycles. The van der Waals surface area contributed by atoms with Gasteiger partial charge in [-0.3, -0.25) is 38.4 Å². The number of aliphatic hydroxyl groups is 2. The third-order valence-electron chi connectivity index (χ3n) is 17.1. The largest absolute Gasteiger partial charge is 0.508 e. The van der Waals surface area contributed by atoms with Crippen molar-refractivity contribution in [1.29, 1.82) is 0 Å². The van der Waals surface area contributed by atoms with Crippen molar-refractivity contribution in [3.8, 4) is 49.1 Å². The van der Waals surface area contributed by atoms with E-state index in [9.17, 15) is 48.9 Å². The maximum Gasteiger partial charge on any atom is 0.303 e. The molecule has 0 spiro atoms. The minimum absolute atomic E-state index is 0.00899. The molecule has 9 N–H and O–H groups in total. The van der Waals surface area contributed by atoms with Crippen LogP contribution >= 0.6 is 68.0 Å². The number of amides is 5. The number of fused-ring (bicyclic) bond motifs is 16. The molecule has 2 aliphatic heterocycles. The number of unbranched alkanes of at least 4 members (excludes halogenated alkanes) is 6. The highest BCUT2D eigenvalue weighted by atomic mass is 32.1. The van der Waals surface area contributed by atoms with Gasteiger partial charge in [0.25, 0.3) is 17.7 Å². The average Bonchev–Trinajstić information content (AvgIpc) is 1.63. The zero-order valence-electron chi connectivity index (χ0n) is 53.6. The number of aliphatic hydroxyl groups excluding tert-OH is 2. The number of nitrogens with one attached hydrogen (secondary N) is 2. The van der Waals surface area contributed by atoms with E-state index >= 15 is 4.79 Å². The first-order valence-corrected chi connectivity index (χ1v) is 37.3. The van der Waals surface area contributed by atoms with E-state index in [-0.39, 0.29) is 76.7 Å². The molecule has 2 aliphatic rings. The van der Waals surface area contributed by atoms with Crippen molar-refractivity contribution < 1.29 is 63.9 Å². The van der Waals surface area contributed by atoms with Gasteiger partial charge in [0.2, 0.25) is 11.8 Å². The Kier molecular flexibility index (Phi) is 23.3. The van der Waals surface area contributed by atoms with Gasteiger partial charge in [-0.1, -0.05) is 75.1 Å². The minimum Gasteiger partial charge on any atom is -0.508 e. The molecule has 2 aromatic carbocycles. The number of carboxylic acid groups (broad SMARTS) is 2. The average molecular weight is 1460 g/mol. The number of aromatic nitrogens is 7. The predicted molar refractivity (Wildman–Crippen MR) is 375 cm³/mol. The van der Waals surface area contributed by atoms with Crippen LogP contribution < -0.4 is 16.4 Å². The highest BCUT2D eigenvalue weighted by molar-refractivity contribution is 7.15. The Balaban J connectivity index is 0.965. The summed E-state index contributed by atoms with van der Waals surface area (Å²) in [5.74, 6) is -6.86. The second kappa shape index (κ2) is 32.4. The van der Waals surface area contributed by atoms with Gasteiger partial charge in [0.1, 0.15) is 76.7 Å². The summed E-state index contributed by atoms with van der Waals surface area (Å²) in [7, 11) is 0. The summed E-state index contributed by atoms with van der Waals surface area (Å²) in [5.41, 5.74) is 8.92. The molecule has 1 fully saturated rings. The number of primary amides is 1. The van der Waals surface area contributed by atoms with Crippen LogP contribution in [-0.2, 0) is 25.6 Å². The van der Waals surface area contributed by atoms with Gasteiger partial charge in [0.15, 0.2) is 5.78 Å². The number of aromatic hydroxyl groups is 1. The number of hydrogen-bond acceptors (Lipinski definition) is 24. The van der Waals surface area contributed by atoms with Crippen molar-refractivity contribution >= 4 is 115 Å². The number of aryl methyl sites for hydroxylation is 1. The number of carbonyl (C=O) groups is 8. The molecule has 516 valence electrons. The summed E-state index contributed by atoms with van der Waals surface area (Å²) < 4.78 is 0. The van der Waals surface area contributed by atoms with Crippen LogP contribution in [0.15, 0.2) is 93.6 Å². The lowest BCUT2D eigenvalue weighted by molar-refractivity contribution is -0.138. The normalized spacial score (nSPS) is 18.5. The number of nitrogens with two attached hydrogens (primary N) is 1. The summed E-state index contributed by atoms with van der Waals surface area (Å²) in [4.78, 5) is 146. The zero-order valence-corrected chi connectivity index (χ0v) is 58.5. The number of nitrogens with zero attached hydrogens (tertiary/aromatic N) is 9. The van der Waals surface area contributed by atoms with Crippen molar-refractivity contribution in [2.45, 2.75) is 134 Å². The number of phenolic OH excluding ortho intramolecular Hbond substituents is 1. The Morgan fingerprint density at radius 2 is 1.23 bits per heavy atom. The van der Waals surface area contributed by atoms with Crippen LogP contribution in [0.5, 0.6) is 5.75 Å². The first kappa shape index (κ1) is 71.3. The van der Waals surface area contributed by atoms with Gasteiger partial charge >= 0.3 is 11.9 Å². The van der Waals surface area contributed by atoms with E-state index < -0.39 is 89.9 Å². The van der Waals surface area contributed by atoms with E-state index in [1.54, 1.807) is 87.9 Å². The minimum atomic E-state index is -1.32. The molecule has 25 nitrogen and oxygen atoms in total. The second-order valence-corrected chi connectivity index (χ2v) is 29.8. The van der Waals surface area contributed by atoms with Gasteiger partial charge in [-0.05, 0) is 68.0 Å². The maximum atomic E-state index is 15.3. The SMILES string of the molecule is Cc1sc2nc1C(=O)C[C@@H]([C@H](O)c1ccccc1)c1nc(cs1)C(=O)N[C@@H](Cc1ccc(O)cc1)C(=O)N1C[C@H](O)[C@H](C)[C@H]1c1nc(cs1)-c1nc(cs1)-c1nc(-c3nc(C(=O)N(CCCCCCC(=O)O)CCCCCCC(=O)O)cs3)ccc1-c1nc(cs1)C(=O)N[C@H]2CC(N)=O. The van der Waals surface area contributed by atoms with Crippen LogP contribution in [0, 0.1) is 12.8 Å². The number of phenols is 1. The lowest BCUT2D eigenvalue weighted by Gasteiger charge is -2.29. The topological polar surface area (TPSA) is 384 Å². The Labute approximate surface area is 592 Å².